The minimum absolute atomic E-state index is 0.0814. The highest BCUT2D eigenvalue weighted by atomic mass is 16.5. The van der Waals surface area contributed by atoms with Crippen LogP contribution in [0.2, 0.25) is 0 Å². The fourth-order valence-corrected chi connectivity index (χ4v) is 7.13. The summed E-state index contributed by atoms with van der Waals surface area (Å²) in [6.45, 7) is 7.62. The number of nitrogens with one attached hydrogen (secondary N) is 1. The van der Waals surface area contributed by atoms with E-state index in [1.165, 1.54) is 6.07 Å². The minimum Gasteiger partial charge on any atom is -0.487 e. The van der Waals surface area contributed by atoms with Crippen LogP contribution < -0.4 is 26.0 Å². The number of pyridine rings is 1. The summed E-state index contributed by atoms with van der Waals surface area (Å²) < 4.78 is 20.2. The second-order valence-corrected chi connectivity index (χ2v) is 12.9. The Morgan fingerprint density at radius 2 is 1.89 bits per heavy atom. The maximum Gasteiger partial charge on any atom is 0.336 e. The fourth-order valence-electron chi connectivity index (χ4n) is 7.13. The summed E-state index contributed by atoms with van der Waals surface area (Å²) in [5.41, 5.74) is 3.20. The van der Waals surface area contributed by atoms with E-state index in [1.54, 1.807) is 6.07 Å². The van der Waals surface area contributed by atoms with E-state index in [0.29, 0.717) is 52.8 Å². The van der Waals surface area contributed by atoms with Gasteiger partial charge in [-0.2, -0.15) is 0 Å². The molecule has 1 fully saturated rings. The van der Waals surface area contributed by atoms with Gasteiger partial charge < -0.3 is 28.7 Å². The summed E-state index contributed by atoms with van der Waals surface area (Å²) in [5.74, 6) is 1.58. The molecule has 3 aliphatic heterocycles. The van der Waals surface area contributed by atoms with Crippen LogP contribution in [-0.2, 0) is 17.8 Å². The van der Waals surface area contributed by atoms with Crippen LogP contribution in [0.3, 0.4) is 0 Å². The van der Waals surface area contributed by atoms with Gasteiger partial charge in [-0.3, -0.25) is 9.59 Å². The largest absolute Gasteiger partial charge is 0.487 e. The molecular formula is C35H37N3O6. The first-order valence-electron chi connectivity index (χ1n) is 15.4. The molecule has 3 aliphatic rings. The standard InChI is InChI=1S/C35H37N3O6/c1-35(2)12-11-25-28(44-35)17-29(33-26(16-32(41)43-34(25)33)23-7-4-3-5-8-23)42-21-30(39)36-13-14-37-18-22-15-24(20-37)27-9-6-10-31(40)38(27)19-22/h3-10,16-17,22,24H,11-15,18-21H2,1-2H3,(H,36,39)/t22-,24+/m1/s1. The first-order valence-corrected chi connectivity index (χ1v) is 15.4. The highest BCUT2D eigenvalue weighted by Gasteiger charge is 2.34. The van der Waals surface area contributed by atoms with Crippen LogP contribution in [0.1, 0.15) is 43.9 Å². The molecule has 44 heavy (non-hydrogen) atoms. The number of rotatable bonds is 7. The number of aryl methyl sites for hydroxylation is 1. The third kappa shape index (κ3) is 5.52. The van der Waals surface area contributed by atoms with Crippen LogP contribution in [0.15, 0.2) is 74.7 Å². The molecule has 9 heteroatoms. The number of nitrogens with zero attached hydrogens (tertiary/aromatic N) is 2. The second-order valence-electron chi connectivity index (χ2n) is 12.9. The Hall–Kier alpha value is -4.37. The molecule has 2 aromatic heterocycles. The Labute approximate surface area is 255 Å². The molecule has 2 aromatic carbocycles. The molecule has 0 radical (unpaired) electrons. The lowest BCUT2D eigenvalue weighted by atomic mass is 9.83. The number of amides is 1. The van der Waals surface area contributed by atoms with Crippen LogP contribution in [-0.4, -0.2) is 53.8 Å². The zero-order valence-corrected chi connectivity index (χ0v) is 25.1. The van der Waals surface area contributed by atoms with E-state index in [-0.39, 0.29) is 23.7 Å². The quantitative estimate of drug-likeness (QED) is 0.317. The molecular weight excluding hydrogens is 558 g/mol. The predicted molar refractivity (Wildman–Crippen MR) is 167 cm³/mol. The molecule has 5 heterocycles. The third-order valence-electron chi connectivity index (χ3n) is 9.15. The van der Waals surface area contributed by atoms with E-state index in [2.05, 4.69) is 16.3 Å². The molecule has 0 unspecified atom stereocenters. The number of likely N-dealkylation sites (tertiary alicyclic amines) is 1. The van der Waals surface area contributed by atoms with Crippen molar-refractivity contribution in [3.05, 3.63) is 92.7 Å². The van der Waals surface area contributed by atoms with Crippen molar-refractivity contribution in [3.63, 3.8) is 0 Å². The topological polar surface area (TPSA) is 103 Å². The lowest BCUT2D eigenvalue weighted by Crippen LogP contribution is -2.49. The van der Waals surface area contributed by atoms with Gasteiger partial charge in [0.15, 0.2) is 6.61 Å². The molecule has 7 rings (SSSR count). The van der Waals surface area contributed by atoms with Crippen LogP contribution >= 0.6 is 0 Å². The summed E-state index contributed by atoms with van der Waals surface area (Å²) in [5, 5.41) is 3.66. The second kappa shape index (κ2) is 11.3. The summed E-state index contributed by atoms with van der Waals surface area (Å²) in [6, 6.07) is 18.5. The van der Waals surface area contributed by atoms with Crippen molar-refractivity contribution in [1.29, 1.82) is 0 Å². The molecule has 228 valence electrons. The number of carbonyl (C=O) groups excluding carboxylic acids is 1. The van der Waals surface area contributed by atoms with Gasteiger partial charge in [-0.05, 0) is 50.7 Å². The first-order chi connectivity index (χ1) is 21.2. The predicted octanol–water partition coefficient (Wildman–Crippen LogP) is 4.34. The molecule has 4 aromatic rings. The summed E-state index contributed by atoms with van der Waals surface area (Å²) >= 11 is 0. The average Bonchev–Trinajstić information content (AvgIpc) is 3.00. The van der Waals surface area contributed by atoms with Crippen LogP contribution in [0.5, 0.6) is 11.5 Å². The van der Waals surface area contributed by atoms with Gasteiger partial charge >= 0.3 is 5.63 Å². The van der Waals surface area contributed by atoms with Crippen molar-refractivity contribution in [3.8, 4) is 22.6 Å². The Bertz CT molecular complexity index is 1840. The maximum absolute atomic E-state index is 13.0. The molecule has 1 saturated heterocycles. The van der Waals surface area contributed by atoms with Gasteiger partial charge in [0, 0.05) is 73.7 Å². The lowest BCUT2D eigenvalue weighted by molar-refractivity contribution is -0.123. The van der Waals surface area contributed by atoms with Gasteiger partial charge in [-0.15, -0.1) is 0 Å². The fraction of sp³-hybridized carbons (Fsp3) is 0.400. The summed E-state index contributed by atoms with van der Waals surface area (Å²) in [6.07, 6.45) is 2.57. The zero-order chi connectivity index (χ0) is 30.4. The van der Waals surface area contributed by atoms with E-state index < -0.39 is 5.63 Å². The van der Waals surface area contributed by atoms with E-state index in [4.69, 9.17) is 13.9 Å². The van der Waals surface area contributed by atoms with Gasteiger partial charge in [0.1, 0.15) is 22.7 Å². The van der Waals surface area contributed by atoms with Gasteiger partial charge in [0.2, 0.25) is 0 Å². The number of carbonyl (C=O) groups is 1. The molecule has 9 nitrogen and oxygen atoms in total. The van der Waals surface area contributed by atoms with Crippen molar-refractivity contribution >= 4 is 16.9 Å². The van der Waals surface area contributed by atoms with Crippen LogP contribution in [0.25, 0.3) is 22.1 Å². The summed E-state index contributed by atoms with van der Waals surface area (Å²) in [4.78, 5) is 40.4. The van der Waals surface area contributed by atoms with Gasteiger partial charge in [-0.1, -0.05) is 36.4 Å². The van der Waals surface area contributed by atoms with Crippen LogP contribution in [0, 0.1) is 5.92 Å². The monoisotopic (exact) mass is 595 g/mol. The number of ether oxygens (including phenoxy) is 2. The highest BCUT2D eigenvalue weighted by Crippen LogP contribution is 2.44. The number of hydrogen-bond donors (Lipinski definition) is 1. The maximum atomic E-state index is 13.0. The van der Waals surface area contributed by atoms with Crippen molar-refractivity contribution in [2.24, 2.45) is 5.92 Å². The van der Waals surface area contributed by atoms with Gasteiger partial charge in [-0.25, -0.2) is 4.79 Å². The molecule has 1 amide bonds. The number of aromatic nitrogens is 1. The molecule has 2 atom stereocenters. The number of piperidine rings is 1. The molecule has 1 N–H and O–H groups in total. The normalized spacial score (nSPS) is 20.3. The zero-order valence-electron chi connectivity index (χ0n) is 25.1. The van der Waals surface area contributed by atoms with Crippen molar-refractivity contribution in [1.82, 2.24) is 14.8 Å². The van der Waals surface area contributed by atoms with Crippen molar-refractivity contribution in [2.45, 2.75) is 51.2 Å². The van der Waals surface area contributed by atoms with E-state index >= 15 is 0 Å². The highest BCUT2D eigenvalue weighted by molar-refractivity contribution is 6.00. The number of benzene rings is 2. The molecule has 2 bridgehead atoms. The SMILES string of the molecule is CC1(C)CCc2c(cc(OCC(=O)NCCN3C[C@H]4C[C@@H](C3)c3cccc(=O)n3C4)c3c(-c4ccccc4)cc(=O)oc23)O1. The number of fused-ring (bicyclic) bond motifs is 7. The lowest BCUT2D eigenvalue weighted by Gasteiger charge is -2.42. The van der Waals surface area contributed by atoms with Crippen molar-refractivity contribution in [2.75, 3.05) is 32.8 Å². The van der Waals surface area contributed by atoms with Crippen LogP contribution in [0.4, 0.5) is 0 Å². The van der Waals surface area contributed by atoms with E-state index in [9.17, 15) is 14.4 Å². The van der Waals surface area contributed by atoms with Gasteiger partial charge in [0.25, 0.3) is 11.5 Å². The van der Waals surface area contributed by atoms with E-state index in [0.717, 1.165) is 55.8 Å². The first kappa shape index (κ1) is 28.4. The number of hydrogen-bond acceptors (Lipinski definition) is 7. The average molecular weight is 596 g/mol. The molecule has 0 saturated carbocycles. The third-order valence-corrected chi connectivity index (χ3v) is 9.15. The van der Waals surface area contributed by atoms with Gasteiger partial charge in [0.05, 0.1) is 5.39 Å². The Morgan fingerprint density at radius 3 is 2.73 bits per heavy atom. The van der Waals surface area contributed by atoms with E-state index in [1.807, 2.05) is 60.9 Å². The molecule has 0 spiro atoms. The Balaban J connectivity index is 1.07. The smallest absolute Gasteiger partial charge is 0.336 e. The summed E-state index contributed by atoms with van der Waals surface area (Å²) in [7, 11) is 0. The van der Waals surface area contributed by atoms with Crippen molar-refractivity contribution < 1.29 is 18.7 Å². The molecule has 0 aliphatic carbocycles. The minimum atomic E-state index is -0.448. The Morgan fingerprint density at radius 1 is 1.05 bits per heavy atom. The Kier molecular flexibility index (Phi) is 7.28.